The number of nitrogens with zero attached hydrogens (tertiary/aromatic N) is 4. The minimum absolute atomic E-state index is 0.168. The number of nitrogens with one attached hydrogen (secondary N) is 1. The lowest BCUT2D eigenvalue weighted by Gasteiger charge is -2.36. The van der Waals surface area contributed by atoms with Crippen LogP contribution in [0.2, 0.25) is 0 Å². The highest BCUT2D eigenvalue weighted by atomic mass is 32.2. The van der Waals surface area contributed by atoms with Gasteiger partial charge in [-0.2, -0.15) is 0 Å². The van der Waals surface area contributed by atoms with Crippen LogP contribution in [-0.4, -0.2) is 66.1 Å². The van der Waals surface area contributed by atoms with E-state index in [2.05, 4.69) is 32.5 Å². The van der Waals surface area contributed by atoms with Crippen LogP contribution in [0.5, 0.6) is 5.75 Å². The Hall–Kier alpha value is -2.00. The number of ether oxygens (including phenoxy) is 1. The zero-order valence-electron chi connectivity index (χ0n) is 15.3. The summed E-state index contributed by atoms with van der Waals surface area (Å²) in [5.74, 6) is 1.44. The van der Waals surface area contributed by atoms with E-state index < -0.39 is 0 Å². The monoisotopic (exact) mass is 405 g/mol. The van der Waals surface area contributed by atoms with Gasteiger partial charge in [0, 0.05) is 37.9 Å². The molecule has 1 aromatic carbocycles. The molecule has 2 fully saturated rings. The number of hydrogen-bond donors (Lipinski definition) is 1. The molecule has 9 heteroatoms. The highest BCUT2D eigenvalue weighted by Gasteiger charge is 2.24. The van der Waals surface area contributed by atoms with E-state index in [4.69, 9.17) is 4.74 Å². The van der Waals surface area contributed by atoms with Crippen molar-refractivity contribution in [1.82, 2.24) is 15.1 Å². The van der Waals surface area contributed by atoms with Crippen LogP contribution in [0.3, 0.4) is 0 Å². The molecule has 1 aliphatic carbocycles. The van der Waals surface area contributed by atoms with E-state index in [-0.39, 0.29) is 5.91 Å². The second-order valence-corrected chi connectivity index (χ2v) is 8.85. The van der Waals surface area contributed by atoms with Gasteiger partial charge in [-0.25, -0.2) is 0 Å². The number of carbonyl (C=O) groups excluding carboxylic acids is 1. The standard InChI is InChI=1S/C18H23N5O2S2/c1-25-15-6-4-14(5-7-15)22-8-10-23(11-9-22)16(24)12-26-18-21-20-17(27-18)19-13-2-3-13/h4-7,13H,2-3,8-12H2,1H3,(H,19,20). The van der Waals surface area contributed by atoms with Crippen LogP contribution in [0.15, 0.2) is 28.6 Å². The maximum Gasteiger partial charge on any atom is 0.233 e. The maximum absolute atomic E-state index is 12.5. The molecular weight excluding hydrogens is 382 g/mol. The van der Waals surface area contributed by atoms with Gasteiger partial charge in [-0.05, 0) is 37.1 Å². The number of carbonyl (C=O) groups is 1. The molecule has 2 heterocycles. The van der Waals surface area contributed by atoms with Crippen LogP contribution in [0.1, 0.15) is 12.8 Å². The molecular formula is C18H23N5O2S2. The summed E-state index contributed by atoms with van der Waals surface area (Å²) in [6, 6.07) is 8.64. The van der Waals surface area contributed by atoms with Gasteiger partial charge in [0.2, 0.25) is 11.0 Å². The molecule has 0 radical (unpaired) electrons. The highest BCUT2D eigenvalue weighted by molar-refractivity contribution is 8.01. The number of thioether (sulfide) groups is 1. The van der Waals surface area contributed by atoms with Crippen LogP contribution >= 0.6 is 23.1 Å². The predicted molar refractivity (Wildman–Crippen MR) is 109 cm³/mol. The summed E-state index contributed by atoms with van der Waals surface area (Å²) in [7, 11) is 1.67. The fourth-order valence-electron chi connectivity index (χ4n) is 2.95. The van der Waals surface area contributed by atoms with E-state index in [1.807, 2.05) is 17.0 Å². The van der Waals surface area contributed by atoms with Crippen molar-refractivity contribution < 1.29 is 9.53 Å². The van der Waals surface area contributed by atoms with E-state index in [1.165, 1.54) is 41.6 Å². The summed E-state index contributed by atoms with van der Waals surface area (Å²) in [5.41, 5.74) is 1.17. The molecule has 0 bridgehead atoms. The quantitative estimate of drug-likeness (QED) is 0.710. The maximum atomic E-state index is 12.5. The van der Waals surface area contributed by atoms with Crippen molar-refractivity contribution >= 4 is 39.8 Å². The number of rotatable bonds is 7. The van der Waals surface area contributed by atoms with E-state index >= 15 is 0 Å². The number of benzene rings is 1. The van der Waals surface area contributed by atoms with Crippen LogP contribution in [0.4, 0.5) is 10.8 Å². The lowest BCUT2D eigenvalue weighted by atomic mass is 10.2. The molecule has 1 aromatic heterocycles. The zero-order valence-corrected chi connectivity index (χ0v) is 16.9. The lowest BCUT2D eigenvalue weighted by Crippen LogP contribution is -2.49. The third-order valence-electron chi connectivity index (χ3n) is 4.70. The molecule has 1 aliphatic heterocycles. The third-order valence-corrected chi connectivity index (χ3v) is 6.67. The van der Waals surface area contributed by atoms with Gasteiger partial charge >= 0.3 is 0 Å². The average Bonchev–Trinajstić information content (AvgIpc) is 3.42. The van der Waals surface area contributed by atoms with Gasteiger partial charge in [0.15, 0.2) is 4.34 Å². The molecule has 1 saturated heterocycles. The van der Waals surface area contributed by atoms with Crippen molar-refractivity contribution in [1.29, 1.82) is 0 Å². The molecule has 1 saturated carbocycles. The number of piperazine rings is 1. The first kappa shape index (κ1) is 18.4. The third kappa shape index (κ3) is 4.84. The SMILES string of the molecule is COc1ccc(N2CCN(C(=O)CSc3nnc(NC4CC4)s3)CC2)cc1. The normalized spacial score (nSPS) is 17.1. The van der Waals surface area contributed by atoms with Crippen molar-refractivity contribution in [2.24, 2.45) is 0 Å². The fourth-order valence-corrected chi connectivity index (χ4v) is 4.68. The van der Waals surface area contributed by atoms with E-state index in [1.54, 1.807) is 7.11 Å². The summed E-state index contributed by atoms with van der Waals surface area (Å²) < 4.78 is 6.06. The Balaban J connectivity index is 1.22. The Bertz CT molecular complexity index is 770. The Kier molecular flexibility index (Phi) is 5.68. The van der Waals surface area contributed by atoms with Gasteiger partial charge in [0.05, 0.1) is 12.9 Å². The summed E-state index contributed by atoms with van der Waals surface area (Å²) in [4.78, 5) is 16.7. The van der Waals surface area contributed by atoms with E-state index in [9.17, 15) is 4.79 Å². The van der Waals surface area contributed by atoms with Crippen molar-refractivity contribution in [2.45, 2.75) is 23.2 Å². The lowest BCUT2D eigenvalue weighted by molar-refractivity contribution is -0.128. The van der Waals surface area contributed by atoms with Crippen LogP contribution in [0, 0.1) is 0 Å². The summed E-state index contributed by atoms with van der Waals surface area (Å²) in [5, 5.41) is 12.5. The van der Waals surface area contributed by atoms with Crippen LogP contribution in [-0.2, 0) is 4.79 Å². The highest BCUT2D eigenvalue weighted by Crippen LogP contribution is 2.30. The first-order valence-electron chi connectivity index (χ1n) is 9.11. The van der Waals surface area contributed by atoms with E-state index in [0.29, 0.717) is 11.8 Å². The van der Waals surface area contributed by atoms with Crippen molar-refractivity contribution in [3.63, 3.8) is 0 Å². The fraction of sp³-hybridized carbons (Fsp3) is 0.500. The van der Waals surface area contributed by atoms with Gasteiger partial charge < -0.3 is 19.9 Å². The topological polar surface area (TPSA) is 70.6 Å². The molecule has 0 spiro atoms. The number of methoxy groups -OCH3 is 1. The molecule has 1 N–H and O–H groups in total. The predicted octanol–water partition coefficient (Wildman–Crippen LogP) is 2.56. The van der Waals surface area contributed by atoms with Gasteiger partial charge in [-0.3, -0.25) is 4.79 Å². The first-order valence-corrected chi connectivity index (χ1v) is 10.9. The molecule has 7 nitrogen and oxygen atoms in total. The molecule has 0 unspecified atom stereocenters. The number of hydrogen-bond acceptors (Lipinski definition) is 8. The molecule has 144 valence electrons. The molecule has 2 aliphatic rings. The van der Waals surface area contributed by atoms with Crippen molar-refractivity contribution in [2.75, 3.05) is 49.3 Å². The van der Waals surface area contributed by atoms with Gasteiger partial charge in [-0.15, -0.1) is 10.2 Å². The van der Waals surface area contributed by atoms with E-state index in [0.717, 1.165) is 41.4 Å². The number of anilines is 2. The summed E-state index contributed by atoms with van der Waals surface area (Å²) in [6.45, 7) is 3.18. The second-order valence-electron chi connectivity index (χ2n) is 6.65. The van der Waals surface area contributed by atoms with Gasteiger partial charge in [-0.1, -0.05) is 23.1 Å². The van der Waals surface area contributed by atoms with Crippen LogP contribution < -0.4 is 15.0 Å². The molecule has 0 atom stereocenters. The Morgan fingerprint density at radius 3 is 2.63 bits per heavy atom. The zero-order chi connectivity index (χ0) is 18.6. The minimum Gasteiger partial charge on any atom is -0.497 e. The Labute approximate surface area is 167 Å². The van der Waals surface area contributed by atoms with Crippen molar-refractivity contribution in [3.05, 3.63) is 24.3 Å². The molecule has 2 aromatic rings. The summed E-state index contributed by atoms with van der Waals surface area (Å²) in [6.07, 6.45) is 2.42. The smallest absolute Gasteiger partial charge is 0.233 e. The largest absolute Gasteiger partial charge is 0.497 e. The molecule has 4 rings (SSSR count). The number of amides is 1. The summed E-state index contributed by atoms with van der Waals surface area (Å²) >= 11 is 3.01. The number of aromatic nitrogens is 2. The average molecular weight is 406 g/mol. The first-order chi connectivity index (χ1) is 13.2. The minimum atomic E-state index is 0.168. The Morgan fingerprint density at radius 2 is 1.96 bits per heavy atom. The second kappa shape index (κ2) is 8.35. The molecule has 1 amide bonds. The van der Waals surface area contributed by atoms with Gasteiger partial charge in [0.25, 0.3) is 0 Å². The Morgan fingerprint density at radius 1 is 1.22 bits per heavy atom. The molecule has 27 heavy (non-hydrogen) atoms. The van der Waals surface area contributed by atoms with Crippen LogP contribution in [0.25, 0.3) is 0 Å². The van der Waals surface area contributed by atoms with Gasteiger partial charge in [0.1, 0.15) is 5.75 Å². The van der Waals surface area contributed by atoms with Crippen molar-refractivity contribution in [3.8, 4) is 5.75 Å².